The molecule has 1 atom stereocenters. The van der Waals surface area contributed by atoms with Crippen LogP contribution in [0.15, 0.2) is 36.4 Å². The van der Waals surface area contributed by atoms with Crippen LogP contribution in [-0.2, 0) is 4.79 Å². The van der Waals surface area contributed by atoms with Crippen LogP contribution in [0.5, 0.6) is 11.5 Å². The summed E-state index contributed by atoms with van der Waals surface area (Å²) in [4.78, 5) is 23.8. The van der Waals surface area contributed by atoms with Gasteiger partial charge in [-0.3, -0.25) is 4.79 Å². The van der Waals surface area contributed by atoms with Gasteiger partial charge in [-0.25, -0.2) is 4.79 Å². The molecule has 0 aliphatic rings. The molecule has 2 rings (SSSR count). The number of aryl methyl sites for hydroxylation is 1. The van der Waals surface area contributed by atoms with Crippen LogP contribution in [0.4, 0.5) is 0 Å². The quantitative estimate of drug-likeness (QED) is 0.661. The highest BCUT2D eigenvalue weighted by atomic mass is 35.5. The van der Waals surface area contributed by atoms with E-state index in [1.165, 1.54) is 21.0 Å². The Hall–Kier alpha value is -2.73. The summed E-state index contributed by atoms with van der Waals surface area (Å²) in [5.74, 6) is -0.328. The van der Waals surface area contributed by atoms with Crippen LogP contribution in [0.3, 0.4) is 0 Å². The van der Waals surface area contributed by atoms with Gasteiger partial charge in [-0.1, -0.05) is 24.6 Å². The van der Waals surface area contributed by atoms with Crippen molar-refractivity contribution in [2.24, 2.45) is 0 Å². The van der Waals surface area contributed by atoms with E-state index in [0.717, 1.165) is 11.1 Å². The zero-order valence-electron chi connectivity index (χ0n) is 17.2. The van der Waals surface area contributed by atoms with Crippen molar-refractivity contribution < 1.29 is 24.2 Å². The summed E-state index contributed by atoms with van der Waals surface area (Å²) in [6.45, 7) is 7.34. The van der Waals surface area contributed by atoms with Crippen LogP contribution < -0.4 is 14.8 Å². The molecule has 0 spiro atoms. The molecule has 0 fully saturated rings. The van der Waals surface area contributed by atoms with Crippen LogP contribution in [0.25, 0.3) is 0 Å². The normalized spacial score (nSPS) is 12.2. The maximum atomic E-state index is 12.5. The monoisotopic (exact) mass is 419 g/mol. The number of halogens is 1. The number of aliphatic carboxylic acids is 1. The van der Waals surface area contributed by atoms with Gasteiger partial charge in [0.1, 0.15) is 11.5 Å². The smallest absolute Gasteiger partial charge is 0.347 e. The molecule has 156 valence electrons. The first-order chi connectivity index (χ1) is 13.5. The second-order valence-electron chi connectivity index (χ2n) is 7.39. The highest BCUT2D eigenvalue weighted by molar-refractivity contribution is 6.31. The van der Waals surface area contributed by atoms with Gasteiger partial charge in [0.05, 0.1) is 12.7 Å². The van der Waals surface area contributed by atoms with E-state index in [-0.39, 0.29) is 11.8 Å². The zero-order valence-corrected chi connectivity index (χ0v) is 18.0. The summed E-state index contributed by atoms with van der Waals surface area (Å²) in [5, 5.41) is 12.6. The number of methoxy groups -OCH3 is 1. The van der Waals surface area contributed by atoms with Crippen molar-refractivity contribution in [1.29, 1.82) is 0 Å². The van der Waals surface area contributed by atoms with Crippen LogP contribution in [0, 0.1) is 6.92 Å². The van der Waals surface area contributed by atoms with Gasteiger partial charge in [-0.15, -0.1) is 0 Å². The Labute approximate surface area is 175 Å². The molecule has 7 heteroatoms. The van der Waals surface area contributed by atoms with E-state index in [9.17, 15) is 14.7 Å². The van der Waals surface area contributed by atoms with Crippen molar-refractivity contribution in [2.45, 2.75) is 39.2 Å². The minimum Gasteiger partial charge on any atom is -0.496 e. The molecule has 0 saturated heterocycles. The van der Waals surface area contributed by atoms with E-state index in [2.05, 4.69) is 5.32 Å². The van der Waals surface area contributed by atoms with Crippen molar-refractivity contribution >= 4 is 23.5 Å². The van der Waals surface area contributed by atoms with Gasteiger partial charge in [0.15, 0.2) is 5.60 Å². The molecule has 2 aromatic carbocycles. The Morgan fingerprint density at radius 1 is 1.21 bits per heavy atom. The number of rotatable bonds is 8. The Morgan fingerprint density at radius 2 is 1.90 bits per heavy atom. The Balaban J connectivity index is 2.08. The second-order valence-corrected chi connectivity index (χ2v) is 7.83. The molecule has 1 amide bonds. The third kappa shape index (κ3) is 5.64. The summed E-state index contributed by atoms with van der Waals surface area (Å²) in [5.41, 5.74) is 1.04. The minimum atomic E-state index is -1.32. The first-order valence-electron chi connectivity index (χ1n) is 9.20. The molecular weight excluding hydrogens is 394 g/mol. The predicted molar refractivity (Wildman–Crippen MR) is 112 cm³/mol. The van der Waals surface area contributed by atoms with Gasteiger partial charge in [0, 0.05) is 11.6 Å². The molecule has 1 unspecified atom stereocenters. The van der Waals surface area contributed by atoms with Crippen molar-refractivity contribution in [1.82, 2.24) is 5.32 Å². The largest absolute Gasteiger partial charge is 0.496 e. The number of carboxylic acid groups (broad SMARTS) is 1. The average molecular weight is 420 g/mol. The number of hydrogen-bond acceptors (Lipinski definition) is 4. The van der Waals surface area contributed by atoms with Crippen LogP contribution in [0.1, 0.15) is 48.2 Å². The van der Waals surface area contributed by atoms with Crippen molar-refractivity contribution in [3.8, 4) is 11.5 Å². The molecule has 0 saturated carbocycles. The third-order valence-corrected chi connectivity index (χ3v) is 4.87. The number of carbonyl (C=O) groups excluding carboxylic acids is 1. The molecule has 0 aromatic heterocycles. The standard InChI is InChI=1S/C22H26ClNO5/c1-13-10-16(29-22(3,4)21(26)27)7-8-17(13)14(2)12-24-20(25)18-11-15(23)6-9-19(18)28-5/h6-11,14H,12H2,1-5H3,(H,24,25)(H,26,27). The summed E-state index contributed by atoms with van der Waals surface area (Å²) < 4.78 is 10.8. The third-order valence-electron chi connectivity index (χ3n) is 4.64. The summed E-state index contributed by atoms with van der Waals surface area (Å²) in [6.07, 6.45) is 0. The highest BCUT2D eigenvalue weighted by Crippen LogP contribution is 2.27. The topological polar surface area (TPSA) is 84.9 Å². The molecule has 0 bridgehead atoms. The number of carboxylic acids is 1. The summed E-state index contributed by atoms with van der Waals surface area (Å²) >= 11 is 5.99. The lowest BCUT2D eigenvalue weighted by Crippen LogP contribution is -2.37. The van der Waals surface area contributed by atoms with Crippen LogP contribution in [0.2, 0.25) is 5.02 Å². The first kappa shape index (κ1) is 22.6. The van der Waals surface area contributed by atoms with Crippen LogP contribution in [-0.4, -0.2) is 36.2 Å². The molecule has 6 nitrogen and oxygen atoms in total. The number of benzene rings is 2. The zero-order chi connectivity index (χ0) is 21.8. The number of nitrogens with one attached hydrogen (secondary N) is 1. The predicted octanol–water partition coefficient (Wildman–Crippen LogP) is 4.43. The fourth-order valence-corrected chi connectivity index (χ4v) is 3.08. The lowest BCUT2D eigenvalue weighted by Gasteiger charge is -2.23. The fraction of sp³-hybridized carbons (Fsp3) is 0.364. The SMILES string of the molecule is COc1ccc(Cl)cc1C(=O)NCC(C)c1ccc(OC(C)(C)C(=O)O)cc1C. The van der Waals surface area contributed by atoms with Crippen molar-refractivity contribution in [3.05, 3.63) is 58.1 Å². The molecular formula is C22H26ClNO5. The lowest BCUT2D eigenvalue weighted by molar-refractivity contribution is -0.152. The summed E-state index contributed by atoms with van der Waals surface area (Å²) in [7, 11) is 1.50. The number of ether oxygens (including phenoxy) is 2. The molecule has 2 aromatic rings. The fourth-order valence-electron chi connectivity index (χ4n) is 2.91. The van der Waals surface area contributed by atoms with Gasteiger partial charge < -0.3 is 19.9 Å². The van der Waals surface area contributed by atoms with E-state index in [4.69, 9.17) is 21.1 Å². The molecule has 0 aliphatic carbocycles. The van der Waals surface area contributed by atoms with Gasteiger partial charge >= 0.3 is 5.97 Å². The highest BCUT2D eigenvalue weighted by Gasteiger charge is 2.29. The van der Waals surface area contributed by atoms with Gasteiger partial charge in [0.25, 0.3) is 5.91 Å². The van der Waals surface area contributed by atoms with E-state index in [0.29, 0.717) is 28.6 Å². The van der Waals surface area contributed by atoms with Crippen molar-refractivity contribution in [2.75, 3.05) is 13.7 Å². The maximum Gasteiger partial charge on any atom is 0.347 e. The molecule has 0 heterocycles. The van der Waals surface area contributed by atoms with Crippen molar-refractivity contribution in [3.63, 3.8) is 0 Å². The lowest BCUT2D eigenvalue weighted by atomic mass is 9.96. The number of amides is 1. The average Bonchev–Trinajstić information content (AvgIpc) is 2.65. The number of hydrogen-bond donors (Lipinski definition) is 2. The van der Waals surface area contributed by atoms with Gasteiger partial charge in [0.2, 0.25) is 0 Å². The van der Waals surface area contributed by atoms with Gasteiger partial charge in [-0.05, 0) is 68.1 Å². The molecule has 2 N–H and O–H groups in total. The molecule has 0 radical (unpaired) electrons. The maximum absolute atomic E-state index is 12.5. The molecule has 29 heavy (non-hydrogen) atoms. The Kier molecular flexibility index (Phi) is 7.14. The second kappa shape index (κ2) is 9.18. The first-order valence-corrected chi connectivity index (χ1v) is 9.57. The Morgan fingerprint density at radius 3 is 2.48 bits per heavy atom. The summed E-state index contributed by atoms with van der Waals surface area (Å²) in [6, 6.07) is 10.3. The van der Waals surface area contributed by atoms with Gasteiger partial charge in [-0.2, -0.15) is 0 Å². The Bertz CT molecular complexity index is 910. The van der Waals surface area contributed by atoms with E-state index < -0.39 is 11.6 Å². The number of carbonyl (C=O) groups is 2. The minimum absolute atomic E-state index is 0.0330. The van der Waals surface area contributed by atoms with Crippen LogP contribution >= 0.6 is 11.6 Å². The molecule has 0 aliphatic heterocycles. The van der Waals surface area contributed by atoms with E-state index in [1.807, 2.05) is 19.9 Å². The van der Waals surface area contributed by atoms with E-state index in [1.54, 1.807) is 30.3 Å². The van der Waals surface area contributed by atoms with E-state index >= 15 is 0 Å².